The van der Waals surface area contributed by atoms with Crippen LogP contribution >= 0.6 is 0 Å². The Labute approximate surface area is 108 Å². The fourth-order valence-corrected chi connectivity index (χ4v) is 2.74. The van der Waals surface area contributed by atoms with Crippen molar-refractivity contribution >= 4 is 5.78 Å². The number of nitrogens with two attached hydrogens (primary N) is 1. The van der Waals surface area contributed by atoms with Crippen molar-refractivity contribution in [1.82, 2.24) is 0 Å². The van der Waals surface area contributed by atoms with Crippen LogP contribution in [-0.2, 0) is 0 Å². The van der Waals surface area contributed by atoms with Gasteiger partial charge in [-0.3, -0.25) is 4.79 Å². The minimum atomic E-state index is -0.0514. The number of hydrogen-bond donors (Lipinski definition) is 1. The van der Waals surface area contributed by atoms with Crippen LogP contribution in [0.5, 0.6) is 5.75 Å². The van der Waals surface area contributed by atoms with Gasteiger partial charge in [-0.05, 0) is 36.5 Å². The fraction of sp³-hybridized carbons (Fsp3) is 0.533. The van der Waals surface area contributed by atoms with Crippen LogP contribution in [0.4, 0.5) is 0 Å². The number of ketones is 1. The Morgan fingerprint density at radius 2 is 2.06 bits per heavy atom. The van der Waals surface area contributed by atoms with Gasteiger partial charge in [-0.1, -0.05) is 25.3 Å². The van der Waals surface area contributed by atoms with E-state index in [0.717, 1.165) is 0 Å². The molecule has 0 heterocycles. The third kappa shape index (κ3) is 2.72. The van der Waals surface area contributed by atoms with Crippen LogP contribution in [0.15, 0.2) is 18.2 Å². The maximum atomic E-state index is 11.8. The van der Waals surface area contributed by atoms with Gasteiger partial charge in [0.15, 0.2) is 5.78 Å². The largest absolute Gasteiger partial charge is 0.496 e. The summed E-state index contributed by atoms with van der Waals surface area (Å²) in [5.74, 6) is 1.17. The molecule has 0 atom stereocenters. The molecule has 1 fully saturated rings. The third-order valence-electron chi connectivity index (χ3n) is 3.79. The van der Waals surface area contributed by atoms with Gasteiger partial charge in [-0.2, -0.15) is 0 Å². The molecule has 0 unspecified atom stereocenters. The molecule has 0 aliphatic heterocycles. The number of ether oxygens (including phenoxy) is 1. The second kappa shape index (κ2) is 6.01. The summed E-state index contributed by atoms with van der Waals surface area (Å²) in [4.78, 5) is 11.8. The van der Waals surface area contributed by atoms with E-state index in [-0.39, 0.29) is 12.3 Å². The van der Waals surface area contributed by atoms with Crippen molar-refractivity contribution in [2.24, 2.45) is 5.73 Å². The monoisotopic (exact) mass is 247 g/mol. The summed E-state index contributed by atoms with van der Waals surface area (Å²) < 4.78 is 5.23. The smallest absolute Gasteiger partial charge is 0.180 e. The van der Waals surface area contributed by atoms with E-state index in [0.29, 0.717) is 17.2 Å². The molecule has 3 nitrogen and oxygen atoms in total. The predicted molar refractivity (Wildman–Crippen MR) is 72.2 cm³/mol. The number of benzene rings is 1. The summed E-state index contributed by atoms with van der Waals surface area (Å²) in [6.07, 6.45) is 6.36. The van der Waals surface area contributed by atoms with Crippen molar-refractivity contribution in [3.63, 3.8) is 0 Å². The summed E-state index contributed by atoms with van der Waals surface area (Å²) in [6, 6.07) is 5.96. The average molecular weight is 247 g/mol. The quantitative estimate of drug-likeness (QED) is 0.832. The van der Waals surface area contributed by atoms with Crippen molar-refractivity contribution in [3.05, 3.63) is 29.3 Å². The standard InChI is InChI=1S/C15H21NO2/c1-18-15-8-7-12(9-13(15)14(17)10-16)11-5-3-2-4-6-11/h7-9,11H,2-6,10,16H2,1H3. The van der Waals surface area contributed by atoms with Gasteiger partial charge in [0.05, 0.1) is 19.2 Å². The van der Waals surface area contributed by atoms with Gasteiger partial charge < -0.3 is 10.5 Å². The van der Waals surface area contributed by atoms with Crippen molar-refractivity contribution in [1.29, 1.82) is 0 Å². The van der Waals surface area contributed by atoms with Gasteiger partial charge >= 0.3 is 0 Å². The lowest BCUT2D eigenvalue weighted by molar-refractivity contribution is 0.0998. The Morgan fingerprint density at radius 3 is 2.67 bits per heavy atom. The topological polar surface area (TPSA) is 52.3 Å². The van der Waals surface area contributed by atoms with E-state index >= 15 is 0 Å². The maximum absolute atomic E-state index is 11.8. The normalized spacial score (nSPS) is 16.6. The summed E-state index contributed by atoms with van der Waals surface area (Å²) >= 11 is 0. The van der Waals surface area contributed by atoms with E-state index in [4.69, 9.17) is 10.5 Å². The first-order valence-electron chi connectivity index (χ1n) is 6.67. The number of hydrogen-bond acceptors (Lipinski definition) is 3. The van der Waals surface area contributed by atoms with E-state index in [1.807, 2.05) is 12.1 Å². The van der Waals surface area contributed by atoms with Gasteiger partial charge in [0.2, 0.25) is 0 Å². The highest BCUT2D eigenvalue weighted by molar-refractivity contribution is 6.00. The molecular formula is C15H21NO2. The second-order valence-electron chi connectivity index (χ2n) is 4.92. The molecule has 98 valence electrons. The van der Waals surface area contributed by atoms with E-state index in [9.17, 15) is 4.79 Å². The lowest BCUT2D eigenvalue weighted by Gasteiger charge is -2.22. The molecule has 0 spiro atoms. The van der Waals surface area contributed by atoms with E-state index in [1.54, 1.807) is 7.11 Å². The molecule has 0 bridgehead atoms. The zero-order valence-corrected chi connectivity index (χ0v) is 10.9. The number of carbonyl (C=O) groups is 1. The molecule has 0 aromatic heterocycles. The van der Waals surface area contributed by atoms with Gasteiger partial charge in [-0.15, -0.1) is 0 Å². The van der Waals surface area contributed by atoms with E-state index < -0.39 is 0 Å². The van der Waals surface area contributed by atoms with Crippen LogP contribution in [0.3, 0.4) is 0 Å². The van der Waals surface area contributed by atoms with Crippen LogP contribution in [0, 0.1) is 0 Å². The Hall–Kier alpha value is -1.35. The number of rotatable bonds is 4. The number of carbonyl (C=O) groups excluding carboxylic acids is 1. The van der Waals surface area contributed by atoms with E-state index in [1.165, 1.54) is 37.7 Å². The Balaban J connectivity index is 2.29. The Morgan fingerprint density at radius 1 is 1.33 bits per heavy atom. The summed E-state index contributed by atoms with van der Waals surface area (Å²) in [7, 11) is 1.59. The van der Waals surface area contributed by atoms with Crippen LogP contribution in [0.25, 0.3) is 0 Å². The molecule has 1 aromatic carbocycles. The molecule has 3 heteroatoms. The number of methoxy groups -OCH3 is 1. The predicted octanol–water partition coefficient (Wildman–Crippen LogP) is 2.88. The zero-order chi connectivity index (χ0) is 13.0. The molecule has 18 heavy (non-hydrogen) atoms. The third-order valence-corrected chi connectivity index (χ3v) is 3.79. The highest BCUT2D eigenvalue weighted by Crippen LogP contribution is 2.34. The highest BCUT2D eigenvalue weighted by Gasteiger charge is 2.18. The van der Waals surface area contributed by atoms with Crippen LogP contribution < -0.4 is 10.5 Å². The number of Topliss-reactive ketones (excluding diaryl/α,β-unsaturated/α-hetero) is 1. The molecule has 0 radical (unpaired) electrons. The molecule has 0 saturated heterocycles. The molecule has 1 aliphatic rings. The van der Waals surface area contributed by atoms with Crippen molar-refractivity contribution in [2.75, 3.05) is 13.7 Å². The van der Waals surface area contributed by atoms with E-state index in [2.05, 4.69) is 6.07 Å². The first kappa shape index (κ1) is 13.1. The SMILES string of the molecule is COc1ccc(C2CCCCC2)cc1C(=O)CN. The second-order valence-corrected chi connectivity index (χ2v) is 4.92. The van der Waals surface area contributed by atoms with Crippen LogP contribution in [0.2, 0.25) is 0 Å². The lowest BCUT2D eigenvalue weighted by Crippen LogP contribution is -2.15. The zero-order valence-electron chi connectivity index (χ0n) is 10.9. The van der Waals surface area contributed by atoms with Crippen molar-refractivity contribution < 1.29 is 9.53 Å². The molecule has 2 rings (SSSR count). The van der Waals surface area contributed by atoms with Gasteiger partial charge in [0.25, 0.3) is 0 Å². The summed E-state index contributed by atoms with van der Waals surface area (Å²) in [6.45, 7) is 0.0322. The van der Waals surface area contributed by atoms with Crippen molar-refractivity contribution in [2.45, 2.75) is 38.0 Å². The van der Waals surface area contributed by atoms with Crippen molar-refractivity contribution in [3.8, 4) is 5.75 Å². The summed E-state index contributed by atoms with van der Waals surface area (Å²) in [5, 5.41) is 0. The Kier molecular flexibility index (Phi) is 4.37. The first-order valence-corrected chi connectivity index (χ1v) is 6.67. The fourth-order valence-electron chi connectivity index (χ4n) is 2.74. The molecular weight excluding hydrogens is 226 g/mol. The molecule has 0 amide bonds. The summed E-state index contributed by atoms with van der Waals surface area (Å²) in [5.41, 5.74) is 7.34. The minimum absolute atomic E-state index is 0.0322. The van der Waals surface area contributed by atoms with Crippen LogP contribution in [0.1, 0.15) is 53.9 Å². The minimum Gasteiger partial charge on any atom is -0.496 e. The van der Waals surface area contributed by atoms with Gasteiger partial charge in [-0.25, -0.2) is 0 Å². The maximum Gasteiger partial charge on any atom is 0.180 e. The van der Waals surface area contributed by atoms with Crippen LogP contribution in [-0.4, -0.2) is 19.4 Å². The molecule has 1 aromatic rings. The average Bonchev–Trinajstić information content (AvgIpc) is 2.46. The van der Waals surface area contributed by atoms with Gasteiger partial charge in [0.1, 0.15) is 5.75 Å². The molecule has 1 saturated carbocycles. The highest BCUT2D eigenvalue weighted by atomic mass is 16.5. The molecule has 1 aliphatic carbocycles. The molecule has 2 N–H and O–H groups in total. The Bertz CT molecular complexity index is 423. The first-order chi connectivity index (χ1) is 8.76. The van der Waals surface area contributed by atoms with Gasteiger partial charge in [0, 0.05) is 0 Å². The lowest BCUT2D eigenvalue weighted by atomic mass is 9.83.